The Balaban J connectivity index is 1.37. The monoisotopic (exact) mass is 506 g/mol. The molecule has 0 amide bonds. The molecule has 1 aromatic rings. The Kier molecular flexibility index (Phi) is 9.49. The molecule has 0 bridgehead atoms. The molecule has 1 aliphatic carbocycles. The zero-order valence-corrected chi connectivity index (χ0v) is 20.6. The number of hydrogen-bond acceptors (Lipinski definition) is 6. The third kappa shape index (κ3) is 7.71. The van der Waals surface area contributed by atoms with Gasteiger partial charge in [0.15, 0.2) is 6.29 Å². The van der Waals surface area contributed by atoms with Gasteiger partial charge in [-0.3, -0.25) is 4.79 Å². The van der Waals surface area contributed by atoms with E-state index >= 15 is 0 Å². The van der Waals surface area contributed by atoms with Gasteiger partial charge in [-0.25, -0.2) is 0 Å². The average Bonchev–Trinajstić information content (AvgIpc) is 3.35. The first-order valence-corrected chi connectivity index (χ1v) is 12.9. The van der Waals surface area contributed by atoms with Crippen molar-refractivity contribution in [2.75, 3.05) is 13.2 Å². The van der Waals surface area contributed by atoms with E-state index < -0.39 is 12.1 Å². The van der Waals surface area contributed by atoms with Gasteiger partial charge in [-0.2, -0.15) is 0 Å². The molecule has 2 heterocycles. The molecule has 1 saturated carbocycles. The van der Waals surface area contributed by atoms with Crippen LogP contribution in [0.1, 0.15) is 51.4 Å². The van der Waals surface area contributed by atoms with E-state index in [-0.39, 0.29) is 36.8 Å². The summed E-state index contributed by atoms with van der Waals surface area (Å²) in [4.78, 5) is 10.7. The van der Waals surface area contributed by atoms with Gasteiger partial charge in [-0.1, -0.05) is 29.8 Å². The molecule has 8 heteroatoms. The van der Waals surface area contributed by atoms with Crippen molar-refractivity contribution in [1.82, 2.24) is 0 Å². The predicted molar refractivity (Wildman–Crippen MR) is 131 cm³/mol. The van der Waals surface area contributed by atoms with Crippen LogP contribution in [0, 0.1) is 11.8 Å². The van der Waals surface area contributed by atoms with Gasteiger partial charge in [0.1, 0.15) is 24.6 Å². The van der Waals surface area contributed by atoms with Crippen molar-refractivity contribution in [3.63, 3.8) is 0 Å². The summed E-state index contributed by atoms with van der Waals surface area (Å²) >= 11 is 6.08. The van der Waals surface area contributed by atoms with Crippen LogP contribution >= 0.6 is 11.6 Å². The number of hydrogen-bond donors (Lipinski definition) is 2. The maximum absolute atomic E-state index is 10.7. The lowest BCUT2D eigenvalue weighted by Crippen LogP contribution is -2.30. The first-order chi connectivity index (χ1) is 17.0. The van der Waals surface area contributed by atoms with E-state index in [0.29, 0.717) is 43.2 Å². The third-order valence-electron chi connectivity index (χ3n) is 6.82. The number of carboxylic acids is 1. The number of aliphatic carboxylic acids is 1. The molecule has 2 aliphatic heterocycles. The van der Waals surface area contributed by atoms with Gasteiger partial charge >= 0.3 is 5.97 Å². The Labute approximate surface area is 211 Å². The van der Waals surface area contributed by atoms with Crippen LogP contribution < -0.4 is 4.74 Å². The second-order valence-corrected chi connectivity index (χ2v) is 9.92. The fourth-order valence-corrected chi connectivity index (χ4v) is 5.22. The van der Waals surface area contributed by atoms with Gasteiger partial charge in [-0.15, -0.1) is 0 Å². The van der Waals surface area contributed by atoms with Crippen molar-refractivity contribution in [3.8, 4) is 5.75 Å². The second-order valence-electron chi connectivity index (χ2n) is 9.49. The zero-order valence-electron chi connectivity index (χ0n) is 19.9. The van der Waals surface area contributed by atoms with Crippen LogP contribution in [0.3, 0.4) is 0 Å². The van der Waals surface area contributed by atoms with Crippen molar-refractivity contribution in [3.05, 3.63) is 53.3 Å². The van der Waals surface area contributed by atoms with Gasteiger partial charge in [0.2, 0.25) is 0 Å². The molecule has 2 N–H and O–H groups in total. The van der Waals surface area contributed by atoms with Crippen LogP contribution in [0.25, 0.3) is 0 Å². The van der Waals surface area contributed by atoms with Gasteiger partial charge in [0.05, 0.1) is 11.9 Å². The molecule has 3 fully saturated rings. The highest BCUT2D eigenvalue weighted by atomic mass is 35.5. The van der Waals surface area contributed by atoms with Crippen LogP contribution in [0.15, 0.2) is 48.3 Å². The summed E-state index contributed by atoms with van der Waals surface area (Å²) in [6.07, 6.45) is 10.7. The lowest BCUT2D eigenvalue weighted by atomic mass is 9.90. The van der Waals surface area contributed by atoms with Gasteiger partial charge in [0, 0.05) is 42.7 Å². The van der Waals surface area contributed by atoms with Crippen LogP contribution in [0.4, 0.5) is 0 Å². The molecular weight excluding hydrogens is 472 g/mol. The number of halogens is 1. The minimum Gasteiger partial charge on any atom is -0.495 e. The standard InChI is InChI=1S/C27H35ClO7/c28-18-6-5-8-19(14-18)33-17-21(35-27-10-3-4-13-32-27)11-12-22-23-15-20(7-1-2-9-26(30)31)34-25(23)16-24(22)29/h5-8,11-12,14,21-25,27,29H,1-4,9-10,13,15-17H2,(H,30,31)/b12-11+,20-7-/t21-,22-,23-,24-,25-,27?/m1/s1. The van der Waals surface area contributed by atoms with Crippen LogP contribution in [0.2, 0.25) is 5.02 Å². The quantitative estimate of drug-likeness (QED) is 0.318. The summed E-state index contributed by atoms with van der Waals surface area (Å²) in [7, 11) is 0. The number of rotatable bonds is 11. The summed E-state index contributed by atoms with van der Waals surface area (Å²) in [5, 5.41) is 20.1. The SMILES string of the molecule is O=C(O)CCC/C=C1/C[C@@H]2[C@@H](/C=C/[C@H](COc3cccc(Cl)c3)OC3CCCCO3)[C@H](O)C[C@H]2O1. The van der Waals surface area contributed by atoms with E-state index in [4.69, 9.17) is 35.7 Å². The first kappa shape index (κ1) is 26.0. The Hall–Kier alpha value is -2.06. The second kappa shape index (κ2) is 12.8. The molecule has 4 rings (SSSR count). The summed E-state index contributed by atoms with van der Waals surface area (Å²) < 4.78 is 24.0. The van der Waals surface area contributed by atoms with Crippen molar-refractivity contribution >= 4 is 17.6 Å². The molecule has 0 spiro atoms. The summed E-state index contributed by atoms with van der Waals surface area (Å²) in [5.41, 5.74) is 0. The highest BCUT2D eigenvalue weighted by Gasteiger charge is 2.47. The first-order valence-electron chi connectivity index (χ1n) is 12.6. The number of allylic oxidation sites excluding steroid dienone is 2. The molecule has 0 aromatic heterocycles. The van der Waals surface area contributed by atoms with Crippen molar-refractivity contribution < 1.29 is 34.0 Å². The molecular formula is C27H35ClO7. The van der Waals surface area contributed by atoms with Crippen LogP contribution in [-0.2, 0) is 19.0 Å². The maximum Gasteiger partial charge on any atom is 0.303 e. The minimum absolute atomic E-state index is 0.0193. The van der Waals surface area contributed by atoms with Crippen molar-refractivity contribution in [2.45, 2.75) is 76.0 Å². The molecule has 7 nitrogen and oxygen atoms in total. The Morgan fingerprint density at radius 2 is 2.20 bits per heavy atom. The summed E-state index contributed by atoms with van der Waals surface area (Å²) in [5.74, 6) is 0.938. The van der Waals surface area contributed by atoms with Gasteiger partial charge in [0.25, 0.3) is 0 Å². The van der Waals surface area contributed by atoms with Crippen molar-refractivity contribution in [1.29, 1.82) is 0 Å². The minimum atomic E-state index is -0.782. The maximum atomic E-state index is 10.7. The van der Waals surface area contributed by atoms with E-state index in [2.05, 4.69) is 0 Å². The number of benzene rings is 1. The third-order valence-corrected chi connectivity index (χ3v) is 7.05. The number of fused-ring (bicyclic) bond motifs is 1. The lowest BCUT2D eigenvalue weighted by Gasteiger charge is -2.27. The molecule has 0 radical (unpaired) electrons. The molecule has 35 heavy (non-hydrogen) atoms. The molecule has 192 valence electrons. The Morgan fingerprint density at radius 1 is 1.31 bits per heavy atom. The van der Waals surface area contributed by atoms with E-state index in [1.165, 1.54) is 0 Å². The topological polar surface area (TPSA) is 94.5 Å². The largest absolute Gasteiger partial charge is 0.495 e. The number of ether oxygens (including phenoxy) is 4. The number of carboxylic acid groups (broad SMARTS) is 1. The summed E-state index contributed by atoms with van der Waals surface area (Å²) in [6, 6.07) is 7.27. The van der Waals surface area contributed by atoms with E-state index in [0.717, 1.165) is 31.4 Å². The molecule has 1 unspecified atom stereocenters. The lowest BCUT2D eigenvalue weighted by molar-refractivity contribution is -0.182. The number of aliphatic hydroxyl groups is 1. The van der Waals surface area contributed by atoms with Gasteiger partial charge < -0.3 is 29.2 Å². The number of carbonyl (C=O) groups is 1. The molecule has 2 saturated heterocycles. The number of unbranched alkanes of at least 4 members (excludes halogenated alkanes) is 1. The number of aliphatic hydroxyl groups excluding tert-OH is 1. The van der Waals surface area contributed by atoms with Gasteiger partial charge in [-0.05, 0) is 56.4 Å². The summed E-state index contributed by atoms with van der Waals surface area (Å²) in [6.45, 7) is 0.999. The van der Waals surface area contributed by atoms with E-state index in [9.17, 15) is 9.90 Å². The Bertz CT molecular complexity index is 895. The highest BCUT2D eigenvalue weighted by molar-refractivity contribution is 6.30. The Morgan fingerprint density at radius 3 is 2.97 bits per heavy atom. The molecule has 1 aromatic carbocycles. The smallest absolute Gasteiger partial charge is 0.303 e. The van der Waals surface area contributed by atoms with Crippen LogP contribution in [0.5, 0.6) is 5.75 Å². The zero-order chi connectivity index (χ0) is 24.6. The highest BCUT2D eigenvalue weighted by Crippen LogP contribution is 2.45. The average molecular weight is 507 g/mol. The fraction of sp³-hybridized carbons (Fsp3) is 0.593. The molecule has 3 aliphatic rings. The van der Waals surface area contributed by atoms with Crippen molar-refractivity contribution in [2.24, 2.45) is 11.8 Å². The normalized spacial score (nSPS) is 30.3. The fourth-order valence-electron chi connectivity index (χ4n) is 5.04. The van der Waals surface area contributed by atoms with E-state index in [1.54, 1.807) is 12.1 Å². The predicted octanol–water partition coefficient (Wildman–Crippen LogP) is 5.11. The molecule has 6 atom stereocenters. The van der Waals surface area contributed by atoms with Crippen LogP contribution in [-0.4, -0.2) is 54.0 Å². The van der Waals surface area contributed by atoms with E-state index in [1.807, 2.05) is 30.4 Å².